The lowest BCUT2D eigenvalue weighted by Crippen LogP contribution is -2.15. The Morgan fingerprint density at radius 3 is 2.41 bits per heavy atom. The molecular formula is C19H15F3N2O2S. The van der Waals surface area contributed by atoms with Crippen molar-refractivity contribution in [1.82, 2.24) is 9.97 Å². The molecule has 0 saturated heterocycles. The van der Waals surface area contributed by atoms with Gasteiger partial charge in [0, 0.05) is 5.39 Å². The van der Waals surface area contributed by atoms with Gasteiger partial charge in [-0.3, -0.25) is 4.79 Å². The minimum Gasteiger partial charge on any atom is -0.465 e. The van der Waals surface area contributed by atoms with Crippen molar-refractivity contribution in [3.63, 3.8) is 0 Å². The summed E-state index contributed by atoms with van der Waals surface area (Å²) in [6.07, 6.45) is -4.69. The van der Waals surface area contributed by atoms with Crippen molar-refractivity contribution in [1.29, 1.82) is 0 Å². The van der Waals surface area contributed by atoms with Crippen LogP contribution in [0, 0.1) is 0 Å². The van der Waals surface area contributed by atoms with Crippen LogP contribution >= 0.6 is 11.8 Å². The molecule has 3 aromatic rings. The van der Waals surface area contributed by atoms with Gasteiger partial charge in [-0.15, -0.1) is 0 Å². The molecule has 1 unspecified atom stereocenters. The summed E-state index contributed by atoms with van der Waals surface area (Å²) in [5.74, 6) is -1.77. The summed E-state index contributed by atoms with van der Waals surface area (Å²) in [6.45, 7) is 1.84. The Morgan fingerprint density at radius 2 is 1.74 bits per heavy atom. The molecule has 0 aliphatic heterocycles. The van der Waals surface area contributed by atoms with E-state index < -0.39 is 23.2 Å². The standard InChI is InChI=1S/C19H15F3N2O2S/c1-2-26-17(25)15(12-8-4-3-5-9-12)27-16-13-10-6-7-11-14(13)23-18(24-16)19(20,21)22/h3-11,15H,2H2,1H3. The van der Waals surface area contributed by atoms with Crippen LogP contribution < -0.4 is 0 Å². The molecule has 1 atom stereocenters. The van der Waals surface area contributed by atoms with Crippen LogP contribution in [0.5, 0.6) is 0 Å². The molecule has 0 fully saturated rings. The molecule has 0 N–H and O–H groups in total. The van der Waals surface area contributed by atoms with E-state index >= 15 is 0 Å². The number of benzene rings is 2. The van der Waals surface area contributed by atoms with Crippen LogP contribution in [0.4, 0.5) is 13.2 Å². The van der Waals surface area contributed by atoms with E-state index in [4.69, 9.17) is 4.74 Å². The number of ether oxygens (including phenoxy) is 1. The van der Waals surface area contributed by atoms with Crippen molar-refractivity contribution in [3.05, 3.63) is 66.0 Å². The van der Waals surface area contributed by atoms with Crippen LogP contribution in [0.1, 0.15) is 23.6 Å². The minimum absolute atomic E-state index is 0.0785. The van der Waals surface area contributed by atoms with Gasteiger partial charge >= 0.3 is 12.1 Å². The van der Waals surface area contributed by atoms with E-state index in [-0.39, 0.29) is 17.1 Å². The zero-order chi connectivity index (χ0) is 19.4. The van der Waals surface area contributed by atoms with Gasteiger partial charge in [0.2, 0.25) is 5.82 Å². The quantitative estimate of drug-likeness (QED) is 0.346. The van der Waals surface area contributed by atoms with Gasteiger partial charge in [0.1, 0.15) is 10.3 Å². The Kier molecular flexibility index (Phi) is 5.65. The van der Waals surface area contributed by atoms with E-state index in [9.17, 15) is 18.0 Å². The monoisotopic (exact) mass is 392 g/mol. The maximum atomic E-state index is 13.2. The van der Waals surface area contributed by atoms with E-state index in [1.807, 2.05) is 0 Å². The number of aromatic nitrogens is 2. The summed E-state index contributed by atoms with van der Waals surface area (Å²) >= 11 is 0.924. The second-order valence-electron chi connectivity index (χ2n) is 5.53. The van der Waals surface area contributed by atoms with E-state index in [1.165, 1.54) is 6.07 Å². The average molecular weight is 392 g/mol. The predicted octanol–water partition coefficient (Wildman–Crippen LogP) is 5.05. The summed E-state index contributed by atoms with van der Waals surface area (Å²) < 4.78 is 44.7. The predicted molar refractivity (Wildman–Crippen MR) is 96.2 cm³/mol. The highest BCUT2D eigenvalue weighted by atomic mass is 32.2. The minimum atomic E-state index is -4.69. The second-order valence-corrected chi connectivity index (χ2v) is 6.62. The van der Waals surface area contributed by atoms with Crippen LogP contribution in [-0.2, 0) is 15.7 Å². The van der Waals surface area contributed by atoms with Gasteiger partial charge in [0.15, 0.2) is 0 Å². The van der Waals surface area contributed by atoms with Crippen molar-refractivity contribution in [3.8, 4) is 0 Å². The molecule has 140 valence electrons. The van der Waals surface area contributed by atoms with Crippen molar-refractivity contribution >= 4 is 28.6 Å². The van der Waals surface area contributed by atoms with E-state index in [2.05, 4.69) is 9.97 Å². The first-order valence-corrected chi connectivity index (χ1v) is 9.00. The number of carbonyl (C=O) groups excluding carboxylic acids is 1. The van der Waals surface area contributed by atoms with E-state index in [0.717, 1.165) is 11.8 Å². The maximum absolute atomic E-state index is 13.2. The Morgan fingerprint density at radius 1 is 1.07 bits per heavy atom. The number of rotatable bonds is 5. The smallest absolute Gasteiger partial charge is 0.451 e. The Hall–Kier alpha value is -2.61. The first-order chi connectivity index (χ1) is 12.9. The third kappa shape index (κ3) is 4.39. The number of carbonyl (C=O) groups is 1. The van der Waals surface area contributed by atoms with Gasteiger partial charge in [0.05, 0.1) is 12.1 Å². The van der Waals surface area contributed by atoms with Gasteiger partial charge in [-0.25, -0.2) is 9.97 Å². The molecule has 0 aliphatic rings. The molecule has 1 heterocycles. The Labute approximate surface area is 157 Å². The molecule has 3 rings (SSSR count). The number of nitrogens with zero attached hydrogens (tertiary/aromatic N) is 2. The number of halogens is 3. The van der Waals surface area contributed by atoms with E-state index in [1.54, 1.807) is 55.5 Å². The van der Waals surface area contributed by atoms with Crippen LogP contribution in [0.25, 0.3) is 10.9 Å². The molecule has 27 heavy (non-hydrogen) atoms. The number of fused-ring (bicyclic) bond motifs is 1. The fourth-order valence-corrected chi connectivity index (χ4v) is 3.59. The lowest BCUT2D eigenvalue weighted by atomic mass is 10.1. The molecule has 4 nitrogen and oxygen atoms in total. The molecule has 0 aliphatic carbocycles. The second kappa shape index (κ2) is 7.96. The van der Waals surface area contributed by atoms with Crippen molar-refractivity contribution in [2.24, 2.45) is 0 Å². The fraction of sp³-hybridized carbons (Fsp3) is 0.211. The maximum Gasteiger partial charge on any atom is 0.451 e. The van der Waals surface area contributed by atoms with Crippen LogP contribution in [0.3, 0.4) is 0 Å². The summed E-state index contributed by atoms with van der Waals surface area (Å²) in [6, 6.07) is 15.1. The van der Waals surface area contributed by atoms with Crippen LogP contribution in [-0.4, -0.2) is 22.5 Å². The normalized spacial score (nSPS) is 12.7. The zero-order valence-electron chi connectivity index (χ0n) is 14.2. The lowest BCUT2D eigenvalue weighted by Gasteiger charge is -2.17. The first kappa shape index (κ1) is 19.2. The number of para-hydroxylation sites is 1. The molecule has 0 saturated carbocycles. The largest absolute Gasteiger partial charge is 0.465 e. The van der Waals surface area contributed by atoms with Crippen LogP contribution in [0.15, 0.2) is 59.6 Å². The van der Waals surface area contributed by atoms with Gasteiger partial charge in [-0.05, 0) is 18.6 Å². The first-order valence-electron chi connectivity index (χ1n) is 8.12. The topological polar surface area (TPSA) is 52.1 Å². The molecule has 0 spiro atoms. The third-order valence-corrected chi connectivity index (χ3v) is 4.89. The highest BCUT2D eigenvalue weighted by molar-refractivity contribution is 8.00. The van der Waals surface area contributed by atoms with Gasteiger partial charge < -0.3 is 4.74 Å². The number of hydrogen-bond donors (Lipinski definition) is 0. The third-order valence-electron chi connectivity index (χ3n) is 3.65. The summed E-state index contributed by atoms with van der Waals surface area (Å²) in [5.41, 5.74) is 0.787. The average Bonchev–Trinajstić information content (AvgIpc) is 2.66. The molecule has 0 amide bonds. The van der Waals surface area contributed by atoms with Crippen molar-refractivity contribution in [2.75, 3.05) is 6.61 Å². The molecular weight excluding hydrogens is 377 g/mol. The molecule has 2 aromatic carbocycles. The fourth-order valence-electron chi connectivity index (χ4n) is 2.47. The Bertz CT molecular complexity index is 949. The van der Waals surface area contributed by atoms with Crippen molar-refractivity contribution in [2.45, 2.75) is 23.4 Å². The van der Waals surface area contributed by atoms with Gasteiger partial charge in [-0.1, -0.05) is 60.3 Å². The summed E-state index contributed by atoms with van der Waals surface area (Å²) in [5, 5.41) is -0.318. The number of esters is 1. The molecule has 0 radical (unpaired) electrons. The molecule has 1 aromatic heterocycles. The summed E-state index contributed by atoms with van der Waals surface area (Å²) in [7, 11) is 0. The number of thioether (sulfide) groups is 1. The Balaban J connectivity index is 2.10. The van der Waals surface area contributed by atoms with E-state index in [0.29, 0.717) is 10.9 Å². The lowest BCUT2D eigenvalue weighted by molar-refractivity contribution is -0.145. The van der Waals surface area contributed by atoms with Crippen molar-refractivity contribution < 1.29 is 22.7 Å². The zero-order valence-corrected chi connectivity index (χ0v) is 15.1. The molecule has 0 bridgehead atoms. The molecule has 8 heteroatoms. The van der Waals surface area contributed by atoms with Crippen LogP contribution in [0.2, 0.25) is 0 Å². The number of alkyl halides is 3. The van der Waals surface area contributed by atoms with Gasteiger partial charge in [0.25, 0.3) is 0 Å². The number of hydrogen-bond acceptors (Lipinski definition) is 5. The highest BCUT2D eigenvalue weighted by Crippen LogP contribution is 2.39. The SMILES string of the molecule is CCOC(=O)C(Sc1nc(C(F)(F)F)nc2ccccc12)c1ccccc1. The summed E-state index contributed by atoms with van der Waals surface area (Å²) in [4.78, 5) is 19.8. The van der Waals surface area contributed by atoms with Gasteiger partial charge in [-0.2, -0.15) is 13.2 Å². The highest BCUT2D eigenvalue weighted by Gasteiger charge is 2.36.